The summed E-state index contributed by atoms with van der Waals surface area (Å²) in [5.74, 6) is 1.77. The Balaban J connectivity index is 2.03. The van der Waals surface area contributed by atoms with Gasteiger partial charge in [0.1, 0.15) is 0 Å². The van der Waals surface area contributed by atoms with Crippen LogP contribution in [0.15, 0.2) is 12.1 Å². The predicted octanol–water partition coefficient (Wildman–Crippen LogP) is 1.76. The van der Waals surface area contributed by atoms with E-state index >= 15 is 0 Å². The highest BCUT2D eigenvalue weighted by atomic mass is 16.7. The normalized spacial score (nSPS) is 23.4. The lowest BCUT2D eigenvalue weighted by Gasteiger charge is -2.29. The molecule has 1 saturated heterocycles. The van der Waals surface area contributed by atoms with E-state index in [4.69, 9.17) is 9.47 Å². The lowest BCUT2D eigenvalue weighted by atomic mass is 9.94. The van der Waals surface area contributed by atoms with E-state index in [2.05, 4.69) is 24.4 Å². The number of rotatable bonds is 1. The van der Waals surface area contributed by atoms with Crippen molar-refractivity contribution < 1.29 is 9.47 Å². The highest BCUT2D eigenvalue weighted by Crippen LogP contribution is 2.38. The summed E-state index contributed by atoms with van der Waals surface area (Å²) in [6.07, 6.45) is 1.22. The van der Waals surface area contributed by atoms with Crippen LogP contribution >= 0.6 is 0 Å². The number of fused-ring (bicyclic) bond motifs is 1. The smallest absolute Gasteiger partial charge is 0.231 e. The van der Waals surface area contributed by atoms with Gasteiger partial charge in [0.2, 0.25) is 6.79 Å². The van der Waals surface area contributed by atoms with Crippen molar-refractivity contribution in [3.63, 3.8) is 0 Å². The maximum atomic E-state index is 5.36. The van der Waals surface area contributed by atoms with E-state index in [1.54, 1.807) is 0 Å². The molecule has 0 unspecified atom stereocenters. The van der Waals surface area contributed by atoms with Crippen LogP contribution in [-0.4, -0.2) is 13.3 Å². The molecule has 0 bridgehead atoms. The molecule has 3 rings (SSSR count). The van der Waals surface area contributed by atoms with Crippen LogP contribution in [0, 0.1) is 6.92 Å². The van der Waals surface area contributed by atoms with Crippen LogP contribution in [0.1, 0.15) is 23.6 Å². The zero-order valence-electron chi connectivity index (χ0n) is 8.17. The quantitative estimate of drug-likeness (QED) is 0.733. The minimum absolute atomic E-state index is 0.357. The predicted molar refractivity (Wildman–Crippen MR) is 52.7 cm³/mol. The minimum atomic E-state index is 0.357. The fourth-order valence-electron chi connectivity index (χ4n) is 1.99. The Morgan fingerprint density at radius 3 is 2.64 bits per heavy atom. The fraction of sp³-hybridized carbons (Fsp3) is 0.455. The summed E-state index contributed by atoms with van der Waals surface area (Å²) in [6, 6.07) is 4.69. The van der Waals surface area contributed by atoms with Crippen LogP contribution in [0.5, 0.6) is 11.5 Å². The monoisotopic (exact) mass is 191 g/mol. The highest BCUT2D eigenvalue weighted by Gasteiger charge is 2.23. The molecule has 2 heterocycles. The molecule has 0 spiro atoms. The van der Waals surface area contributed by atoms with Gasteiger partial charge >= 0.3 is 0 Å². The largest absolute Gasteiger partial charge is 0.454 e. The zero-order valence-corrected chi connectivity index (χ0v) is 8.17. The first kappa shape index (κ1) is 8.12. The van der Waals surface area contributed by atoms with E-state index in [1.165, 1.54) is 17.5 Å². The zero-order chi connectivity index (χ0) is 9.54. The van der Waals surface area contributed by atoms with E-state index in [-0.39, 0.29) is 0 Å². The van der Waals surface area contributed by atoms with Crippen LogP contribution in [0.2, 0.25) is 0 Å². The van der Waals surface area contributed by atoms with Crippen molar-refractivity contribution in [2.24, 2.45) is 0 Å². The molecule has 0 saturated carbocycles. The average molecular weight is 191 g/mol. The third-order valence-electron chi connectivity index (χ3n) is 2.96. The number of nitrogens with one attached hydrogen (secondary N) is 1. The molecule has 0 aromatic heterocycles. The van der Waals surface area contributed by atoms with Gasteiger partial charge in [-0.2, -0.15) is 0 Å². The first-order valence-corrected chi connectivity index (χ1v) is 4.98. The van der Waals surface area contributed by atoms with Crippen molar-refractivity contribution in [1.82, 2.24) is 5.32 Å². The van der Waals surface area contributed by atoms with Crippen molar-refractivity contribution in [2.75, 3.05) is 13.3 Å². The van der Waals surface area contributed by atoms with E-state index < -0.39 is 0 Å². The molecule has 3 nitrogen and oxygen atoms in total. The number of hydrogen-bond donors (Lipinski definition) is 1. The van der Waals surface area contributed by atoms with Gasteiger partial charge in [0, 0.05) is 6.04 Å². The Bertz CT molecular complexity index is 372. The van der Waals surface area contributed by atoms with E-state index in [1.807, 2.05) is 0 Å². The number of aryl methyl sites for hydroxylation is 1. The van der Waals surface area contributed by atoms with Crippen LogP contribution in [-0.2, 0) is 0 Å². The Morgan fingerprint density at radius 2 is 2.00 bits per heavy atom. The Kier molecular flexibility index (Phi) is 1.67. The third-order valence-corrected chi connectivity index (χ3v) is 2.96. The summed E-state index contributed by atoms with van der Waals surface area (Å²) in [5.41, 5.74) is 2.63. The van der Waals surface area contributed by atoms with Crippen LogP contribution in [0.25, 0.3) is 0 Å². The maximum absolute atomic E-state index is 5.36. The van der Waals surface area contributed by atoms with Gasteiger partial charge in [0.05, 0.1) is 0 Å². The van der Waals surface area contributed by atoms with E-state index in [9.17, 15) is 0 Å². The van der Waals surface area contributed by atoms with Gasteiger partial charge in [0.15, 0.2) is 11.5 Å². The topological polar surface area (TPSA) is 30.5 Å². The van der Waals surface area contributed by atoms with Crippen LogP contribution in [0.4, 0.5) is 0 Å². The van der Waals surface area contributed by atoms with Crippen molar-refractivity contribution >= 4 is 0 Å². The van der Waals surface area contributed by atoms with Crippen molar-refractivity contribution in [1.29, 1.82) is 0 Å². The molecule has 1 atom stereocenters. The van der Waals surface area contributed by atoms with Gasteiger partial charge in [-0.15, -0.1) is 0 Å². The summed E-state index contributed by atoms with van der Waals surface area (Å²) < 4.78 is 10.7. The molecule has 2 aliphatic rings. The molecule has 0 amide bonds. The molecule has 1 aromatic carbocycles. The Hall–Kier alpha value is -1.22. The van der Waals surface area contributed by atoms with E-state index in [0.29, 0.717) is 12.8 Å². The second-order valence-electron chi connectivity index (χ2n) is 3.86. The molecule has 0 radical (unpaired) electrons. The molecule has 0 aliphatic carbocycles. The number of hydrogen-bond acceptors (Lipinski definition) is 3. The van der Waals surface area contributed by atoms with Gasteiger partial charge < -0.3 is 14.8 Å². The molecular formula is C11H13NO2. The third kappa shape index (κ3) is 1.09. The van der Waals surface area contributed by atoms with Crippen LogP contribution in [0.3, 0.4) is 0 Å². The Labute approximate surface area is 83.0 Å². The molecular weight excluding hydrogens is 178 g/mol. The minimum Gasteiger partial charge on any atom is -0.454 e. The molecule has 74 valence electrons. The standard InChI is InChI=1S/C11H13NO2/c1-7-4-10-11(14-6-13-10)5-8(7)9-2-3-12-9/h4-5,9,12H,2-3,6H2,1H3/t9-/m1/s1. The summed E-state index contributed by atoms with van der Waals surface area (Å²) in [5, 5.41) is 3.40. The van der Waals surface area contributed by atoms with Gasteiger partial charge in [-0.05, 0) is 43.1 Å². The van der Waals surface area contributed by atoms with E-state index in [0.717, 1.165) is 18.0 Å². The maximum Gasteiger partial charge on any atom is 0.231 e. The molecule has 1 fully saturated rings. The molecule has 14 heavy (non-hydrogen) atoms. The summed E-state index contributed by atoms with van der Waals surface area (Å²) >= 11 is 0. The van der Waals surface area contributed by atoms with Gasteiger partial charge in [-0.3, -0.25) is 0 Å². The number of benzene rings is 1. The van der Waals surface area contributed by atoms with Gasteiger partial charge in [0.25, 0.3) is 0 Å². The molecule has 3 heteroatoms. The fourth-order valence-corrected chi connectivity index (χ4v) is 1.99. The van der Waals surface area contributed by atoms with Crippen LogP contribution < -0.4 is 14.8 Å². The first-order chi connectivity index (χ1) is 6.84. The first-order valence-electron chi connectivity index (χ1n) is 4.98. The second kappa shape index (κ2) is 2.89. The summed E-state index contributed by atoms with van der Waals surface area (Å²) in [7, 11) is 0. The second-order valence-corrected chi connectivity index (χ2v) is 3.86. The number of ether oxygens (including phenoxy) is 2. The van der Waals surface area contributed by atoms with Crippen molar-refractivity contribution in [2.45, 2.75) is 19.4 Å². The summed E-state index contributed by atoms with van der Waals surface area (Å²) in [4.78, 5) is 0. The lowest BCUT2D eigenvalue weighted by molar-refractivity contribution is 0.174. The summed E-state index contributed by atoms with van der Waals surface area (Å²) in [6.45, 7) is 3.60. The molecule has 1 N–H and O–H groups in total. The average Bonchev–Trinajstić information content (AvgIpc) is 2.48. The van der Waals surface area contributed by atoms with Gasteiger partial charge in [-0.1, -0.05) is 0 Å². The SMILES string of the molecule is Cc1cc2c(cc1[C@H]1CCN1)OCO2. The van der Waals surface area contributed by atoms with Gasteiger partial charge in [-0.25, -0.2) is 0 Å². The Morgan fingerprint density at radius 1 is 1.29 bits per heavy atom. The lowest BCUT2D eigenvalue weighted by Crippen LogP contribution is -2.35. The highest BCUT2D eigenvalue weighted by molar-refractivity contribution is 5.49. The molecule has 2 aliphatic heterocycles. The van der Waals surface area contributed by atoms with Crippen molar-refractivity contribution in [3.05, 3.63) is 23.3 Å². The van der Waals surface area contributed by atoms with Crippen molar-refractivity contribution in [3.8, 4) is 11.5 Å². The molecule has 1 aromatic rings.